The van der Waals surface area contributed by atoms with Crippen molar-refractivity contribution in [3.05, 3.63) is 24.5 Å². The minimum Gasteiger partial charge on any atom is -0.495 e. The molecular formula is C10H11N3O. The lowest BCUT2D eigenvalue weighted by atomic mass is 10.2. The highest BCUT2D eigenvalue weighted by molar-refractivity contribution is 5.88. The van der Waals surface area contributed by atoms with Crippen LogP contribution in [-0.2, 0) is 0 Å². The fraction of sp³-hybridized carbons (Fsp3) is 0.200. The third-order valence-corrected chi connectivity index (χ3v) is 2.05. The molecule has 0 fully saturated rings. The van der Waals surface area contributed by atoms with Gasteiger partial charge >= 0.3 is 0 Å². The maximum atomic E-state index is 5.09. The van der Waals surface area contributed by atoms with Crippen LogP contribution >= 0.6 is 0 Å². The number of fused-ring (bicyclic) bond motifs is 1. The summed E-state index contributed by atoms with van der Waals surface area (Å²) < 4.78 is 5.09. The van der Waals surface area contributed by atoms with E-state index in [4.69, 9.17) is 4.74 Å². The molecule has 2 rings (SSSR count). The zero-order valence-electron chi connectivity index (χ0n) is 8.11. The summed E-state index contributed by atoms with van der Waals surface area (Å²) in [4.78, 5) is 8.44. The molecule has 0 aliphatic carbocycles. The number of aromatic nitrogens is 2. The molecule has 0 spiro atoms. The van der Waals surface area contributed by atoms with E-state index >= 15 is 0 Å². The van der Waals surface area contributed by atoms with E-state index in [1.54, 1.807) is 19.5 Å². The van der Waals surface area contributed by atoms with Crippen molar-refractivity contribution >= 4 is 16.7 Å². The Morgan fingerprint density at radius 2 is 2.21 bits per heavy atom. The molecule has 4 heteroatoms. The molecule has 0 aromatic carbocycles. The number of pyridine rings is 2. The van der Waals surface area contributed by atoms with Gasteiger partial charge in [0, 0.05) is 18.6 Å². The summed E-state index contributed by atoms with van der Waals surface area (Å²) in [5.41, 5.74) is 0.857. The average Bonchev–Trinajstić information content (AvgIpc) is 2.27. The Kier molecular flexibility index (Phi) is 2.18. The average molecular weight is 189 g/mol. The van der Waals surface area contributed by atoms with Crippen molar-refractivity contribution in [1.29, 1.82) is 0 Å². The van der Waals surface area contributed by atoms with E-state index in [1.807, 2.05) is 19.2 Å². The zero-order chi connectivity index (χ0) is 9.97. The number of rotatable bonds is 2. The van der Waals surface area contributed by atoms with Crippen LogP contribution in [0, 0.1) is 0 Å². The molecule has 4 nitrogen and oxygen atoms in total. The van der Waals surface area contributed by atoms with Gasteiger partial charge in [0.05, 0.1) is 13.3 Å². The van der Waals surface area contributed by atoms with Crippen molar-refractivity contribution < 1.29 is 4.74 Å². The first-order valence-electron chi connectivity index (χ1n) is 4.31. The van der Waals surface area contributed by atoms with Crippen LogP contribution in [0.3, 0.4) is 0 Å². The Bertz CT molecular complexity index is 456. The lowest BCUT2D eigenvalue weighted by molar-refractivity contribution is 0.414. The van der Waals surface area contributed by atoms with Gasteiger partial charge in [0.2, 0.25) is 0 Å². The van der Waals surface area contributed by atoms with E-state index in [2.05, 4.69) is 15.3 Å². The molecule has 0 atom stereocenters. The van der Waals surface area contributed by atoms with Gasteiger partial charge in [-0.05, 0) is 12.1 Å². The van der Waals surface area contributed by atoms with Gasteiger partial charge in [-0.25, -0.2) is 9.97 Å². The number of hydrogen-bond acceptors (Lipinski definition) is 4. The van der Waals surface area contributed by atoms with Crippen molar-refractivity contribution in [2.75, 3.05) is 19.5 Å². The first-order chi connectivity index (χ1) is 6.85. The molecule has 2 aromatic heterocycles. The fourth-order valence-corrected chi connectivity index (χ4v) is 1.33. The van der Waals surface area contributed by atoms with Crippen LogP contribution in [0.15, 0.2) is 24.5 Å². The van der Waals surface area contributed by atoms with Gasteiger partial charge in [-0.1, -0.05) is 0 Å². The van der Waals surface area contributed by atoms with Crippen molar-refractivity contribution in [3.8, 4) is 5.75 Å². The molecule has 14 heavy (non-hydrogen) atoms. The second kappa shape index (κ2) is 3.49. The van der Waals surface area contributed by atoms with Gasteiger partial charge in [-0.15, -0.1) is 0 Å². The van der Waals surface area contributed by atoms with E-state index in [-0.39, 0.29) is 0 Å². The normalized spacial score (nSPS) is 10.1. The molecule has 0 amide bonds. The Hall–Kier alpha value is -1.84. The van der Waals surface area contributed by atoms with Gasteiger partial charge in [0.1, 0.15) is 11.3 Å². The first kappa shape index (κ1) is 8.74. The topological polar surface area (TPSA) is 47.0 Å². The van der Waals surface area contributed by atoms with E-state index in [0.717, 1.165) is 22.5 Å². The second-order valence-electron chi connectivity index (χ2n) is 2.86. The number of methoxy groups -OCH3 is 1. The molecule has 0 saturated heterocycles. The van der Waals surface area contributed by atoms with Crippen LogP contribution in [0.4, 0.5) is 5.82 Å². The van der Waals surface area contributed by atoms with E-state index in [0.29, 0.717) is 0 Å². The third-order valence-electron chi connectivity index (χ3n) is 2.05. The van der Waals surface area contributed by atoms with Gasteiger partial charge < -0.3 is 10.1 Å². The number of hydrogen-bond donors (Lipinski definition) is 1. The fourth-order valence-electron chi connectivity index (χ4n) is 1.33. The zero-order valence-corrected chi connectivity index (χ0v) is 8.11. The summed E-state index contributed by atoms with van der Waals surface area (Å²) in [5, 5.41) is 4.01. The van der Waals surface area contributed by atoms with Gasteiger partial charge in [-0.3, -0.25) is 0 Å². The summed E-state index contributed by atoms with van der Waals surface area (Å²) in [5.74, 6) is 1.54. The highest BCUT2D eigenvalue weighted by Gasteiger charge is 2.02. The summed E-state index contributed by atoms with van der Waals surface area (Å²) in [6, 6.07) is 3.84. The Morgan fingerprint density at radius 3 is 2.93 bits per heavy atom. The molecule has 0 radical (unpaired) electrons. The van der Waals surface area contributed by atoms with Gasteiger partial charge in [0.25, 0.3) is 0 Å². The molecule has 0 bridgehead atoms. The summed E-state index contributed by atoms with van der Waals surface area (Å²) >= 11 is 0. The minimum atomic E-state index is 0.755. The summed E-state index contributed by atoms with van der Waals surface area (Å²) in [7, 11) is 3.46. The number of nitrogens with one attached hydrogen (secondary N) is 1. The molecule has 0 saturated carbocycles. The standard InChI is InChI=1S/C10H11N3O/c1-11-10-9-7(3-4-12-10)5-8(14-2)6-13-9/h3-6H,1-2H3,(H,11,12). The molecule has 0 aliphatic heterocycles. The lowest BCUT2D eigenvalue weighted by Crippen LogP contribution is -1.95. The first-order valence-corrected chi connectivity index (χ1v) is 4.31. The largest absolute Gasteiger partial charge is 0.495 e. The maximum absolute atomic E-state index is 5.09. The van der Waals surface area contributed by atoms with Crippen LogP contribution < -0.4 is 10.1 Å². The third kappa shape index (κ3) is 1.35. The van der Waals surface area contributed by atoms with Crippen LogP contribution in [0.5, 0.6) is 5.75 Å². The molecule has 2 heterocycles. The SMILES string of the molecule is CNc1nccc2cc(OC)cnc12. The Balaban J connectivity index is 2.67. The second-order valence-corrected chi connectivity index (χ2v) is 2.86. The van der Waals surface area contributed by atoms with E-state index in [9.17, 15) is 0 Å². The van der Waals surface area contributed by atoms with Crippen molar-refractivity contribution in [3.63, 3.8) is 0 Å². The van der Waals surface area contributed by atoms with Crippen LogP contribution in [0.25, 0.3) is 10.9 Å². The highest BCUT2D eigenvalue weighted by Crippen LogP contribution is 2.21. The van der Waals surface area contributed by atoms with Crippen LogP contribution in [0.2, 0.25) is 0 Å². The molecule has 72 valence electrons. The van der Waals surface area contributed by atoms with Crippen molar-refractivity contribution in [1.82, 2.24) is 9.97 Å². The Morgan fingerprint density at radius 1 is 1.36 bits per heavy atom. The monoisotopic (exact) mass is 189 g/mol. The summed E-state index contributed by atoms with van der Waals surface area (Å²) in [6.07, 6.45) is 3.43. The molecule has 1 N–H and O–H groups in total. The molecule has 2 aromatic rings. The van der Waals surface area contributed by atoms with Crippen molar-refractivity contribution in [2.24, 2.45) is 0 Å². The minimum absolute atomic E-state index is 0.755. The van der Waals surface area contributed by atoms with E-state index < -0.39 is 0 Å². The highest BCUT2D eigenvalue weighted by atomic mass is 16.5. The maximum Gasteiger partial charge on any atom is 0.152 e. The lowest BCUT2D eigenvalue weighted by Gasteiger charge is -2.04. The number of nitrogens with zero attached hydrogens (tertiary/aromatic N) is 2. The molecular weight excluding hydrogens is 178 g/mol. The predicted molar refractivity (Wildman–Crippen MR) is 55.6 cm³/mol. The number of ether oxygens (including phenoxy) is 1. The molecule has 0 aliphatic rings. The smallest absolute Gasteiger partial charge is 0.152 e. The van der Waals surface area contributed by atoms with Gasteiger partial charge in [-0.2, -0.15) is 0 Å². The Labute approximate surface area is 81.9 Å². The van der Waals surface area contributed by atoms with Crippen LogP contribution in [0.1, 0.15) is 0 Å². The van der Waals surface area contributed by atoms with Crippen molar-refractivity contribution in [2.45, 2.75) is 0 Å². The van der Waals surface area contributed by atoms with Crippen LogP contribution in [-0.4, -0.2) is 24.1 Å². The summed E-state index contributed by atoms with van der Waals surface area (Å²) in [6.45, 7) is 0. The quantitative estimate of drug-likeness (QED) is 0.780. The van der Waals surface area contributed by atoms with Gasteiger partial charge in [0.15, 0.2) is 5.82 Å². The number of anilines is 1. The molecule has 0 unspecified atom stereocenters. The van der Waals surface area contributed by atoms with E-state index in [1.165, 1.54) is 0 Å². The predicted octanol–water partition coefficient (Wildman–Crippen LogP) is 1.68.